The van der Waals surface area contributed by atoms with Crippen molar-refractivity contribution in [3.8, 4) is 0 Å². The predicted octanol–water partition coefficient (Wildman–Crippen LogP) is 3.23. The average molecular weight is 385 g/mol. The highest BCUT2D eigenvalue weighted by Crippen LogP contribution is 2.15. The third-order valence-corrected chi connectivity index (χ3v) is 4.55. The van der Waals surface area contributed by atoms with Crippen LogP contribution in [0.4, 0.5) is 0 Å². The highest BCUT2D eigenvalue weighted by Gasteiger charge is 2.24. The van der Waals surface area contributed by atoms with Gasteiger partial charge in [-0.2, -0.15) is 0 Å². The van der Waals surface area contributed by atoms with Gasteiger partial charge in [0.1, 0.15) is 17.4 Å². The lowest BCUT2D eigenvalue weighted by molar-refractivity contribution is -0.121. The maximum atomic E-state index is 11.9. The van der Waals surface area contributed by atoms with E-state index in [1.54, 1.807) is 0 Å². The normalized spacial score (nSPS) is 19.6. The summed E-state index contributed by atoms with van der Waals surface area (Å²) < 4.78 is 5.43. The molecule has 0 fully saturated rings. The molecule has 0 saturated carbocycles. The van der Waals surface area contributed by atoms with Crippen LogP contribution in [-0.4, -0.2) is 29.1 Å². The van der Waals surface area contributed by atoms with E-state index in [0.29, 0.717) is 24.6 Å². The van der Waals surface area contributed by atoms with Crippen LogP contribution in [0.2, 0.25) is 0 Å². The summed E-state index contributed by atoms with van der Waals surface area (Å²) in [5.74, 6) is 2.61. The Kier molecular flexibility index (Phi) is 6.70. The van der Waals surface area contributed by atoms with E-state index in [1.165, 1.54) is 0 Å². The van der Waals surface area contributed by atoms with Crippen LogP contribution in [0.15, 0.2) is 50.8 Å². The standard InChI is InChI=1S/C20H24N4O2S/c1-14-10-11-15(26-14)13-22-18(25)9-3-2-6-12-21-19-16-7-4-5-8-17(16)23-20(27)24-19/h4-5,7-8,10-11,16H,2-3,6,9,12-13H2,1H3,(H,22,25)(H,21,24,27). The van der Waals surface area contributed by atoms with E-state index < -0.39 is 0 Å². The fourth-order valence-corrected chi connectivity index (χ4v) is 3.18. The first-order valence-corrected chi connectivity index (χ1v) is 9.63. The summed E-state index contributed by atoms with van der Waals surface area (Å²) in [6.45, 7) is 3.04. The lowest BCUT2D eigenvalue weighted by Crippen LogP contribution is -2.42. The van der Waals surface area contributed by atoms with E-state index in [4.69, 9.17) is 16.6 Å². The van der Waals surface area contributed by atoms with Crippen molar-refractivity contribution in [2.45, 2.75) is 39.2 Å². The molecule has 2 aliphatic rings. The summed E-state index contributed by atoms with van der Waals surface area (Å²) in [7, 11) is 0. The van der Waals surface area contributed by atoms with Gasteiger partial charge < -0.3 is 15.1 Å². The molecule has 2 heterocycles. The molecule has 2 N–H and O–H groups in total. The van der Waals surface area contributed by atoms with Crippen molar-refractivity contribution in [3.63, 3.8) is 0 Å². The van der Waals surface area contributed by atoms with Gasteiger partial charge in [-0.05, 0) is 50.2 Å². The largest absolute Gasteiger partial charge is 0.465 e. The first-order chi connectivity index (χ1) is 13.1. The average Bonchev–Trinajstić information content (AvgIpc) is 3.08. The molecular weight excluding hydrogens is 360 g/mol. The number of thiocarbonyl (C=S) groups is 1. The van der Waals surface area contributed by atoms with E-state index >= 15 is 0 Å². The minimum Gasteiger partial charge on any atom is -0.465 e. The van der Waals surface area contributed by atoms with Gasteiger partial charge in [-0.1, -0.05) is 24.6 Å². The number of amidine groups is 1. The fourth-order valence-electron chi connectivity index (χ4n) is 2.97. The SMILES string of the molecule is Cc1ccc(CNC(=O)CCCCCN=C2NC(=S)N=C3C=CC=CC32)o1. The van der Waals surface area contributed by atoms with Gasteiger partial charge in [0.05, 0.1) is 18.2 Å². The number of rotatable bonds is 8. The molecule has 3 rings (SSSR count). The van der Waals surface area contributed by atoms with Crippen molar-refractivity contribution in [2.24, 2.45) is 15.9 Å². The number of amides is 1. The number of carbonyl (C=O) groups is 1. The minimum atomic E-state index is 0.0506. The highest BCUT2D eigenvalue weighted by atomic mass is 32.1. The molecule has 0 bridgehead atoms. The minimum absolute atomic E-state index is 0.0506. The van der Waals surface area contributed by atoms with Crippen molar-refractivity contribution in [1.29, 1.82) is 0 Å². The monoisotopic (exact) mass is 384 g/mol. The lowest BCUT2D eigenvalue weighted by atomic mass is 9.96. The lowest BCUT2D eigenvalue weighted by Gasteiger charge is -2.24. The molecule has 27 heavy (non-hydrogen) atoms. The van der Waals surface area contributed by atoms with E-state index in [0.717, 1.165) is 42.3 Å². The van der Waals surface area contributed by atoms with Crippen LogP contribution < -0.4 is 10.6 Å². The number of nitrogens with one attached hydrogen (secondary N) is 2. The van der Waals surface area contributed by atoms with Crippen LogP contribution in [0, 0.1) is 12.8 Å². The molecule has 1 aliphatic carbocycles. The number of fused-ring (bicyclic) bond motifs is 1. The third kappa shape index (κ3) is 5.72. The van der Waals surface area contributed by atoms with Crippen molar-refractivity contribution >= 4 is 34.8 Å². The molecule has 1 amide bonds. The second-order valence-corrected chi connectivity index (χ2v) is 6.94. The molecule has 0 radical (unpaired) electrons. The van der Waals surface area contributed by atoms with Gasteiger partial charge >= 0.3 is 0 Å². The molecule has 1 aliphatic heterocycles. The van der Waals surface area contributed by atoms with Crippen LogP contribution >= 0.6 is 12.2 Å². The van der Waals surface area contributed by atoms with Gasteiger partial charge in [0.25, 0.3) is 0 Å². The second-order valence-electron chi connectivity index (χ2n) is 6.56. The summed E-state index contributed by atoms with van der Waals surface area (Å²) in [5.41, 5.74) is 0.934. The smallest absolute Gasteiger partial charge is 0.220 e. The van der Waals surface area contributed by atoms with E-state index in [-0.39, 0.29) is 11.8 Å². The van der Waals surface area contributed by atoms with Gasteiger partial charge in [0, 0.05) is 13.0 Å². The molecule has 1 aromatic rings. The Hall–Kier alpha value is -2.54. The number of carbonyl (C=O) groups excluding carboxylic acids is 1. The summed E-state index contributed by atoms with van der Waals surface area (Å²) >= 11 is 5.17. The zero-order valence-electron chi connectivity index (χ0n) is 15.4. The van der Waals surface area contributed by atoms with Crippen LogP contribution in [-0.2, 0) is 11.3 Å². The fraction of sp³-hybridized carbons (Fsp3) is 0.400. The number of hydrogen-bond acceptors (Lipinski definition) is 4. The van der Waals surface area contributed by atoms with Gasteiger partial charge in [-0.15, -0.1) is 0 Å². The summed E-state index contributed by atoms with van der Waals surface area (Å²) in [4.78, 5) is 20.9. The number of allylic oxidation sites excluding steroid dienone is 3. The highest BCUT2D eigenvalue weighted by molar-refractivity contribution is 7.80. The van der Waals surface area contributed by atoms with Gasteiger partial charge in [-0.25, -0.2) is 4.99 Å². The number of aryl methyl sites for hydroxylation is 1. The van der Waals surface area contributed by atoms with E-state index in [9.17, 15) is 4.79 Å². The Labute approximate surface area is 164 Å². The van der Waals surface area contributed by atoms with E-state index in [1.807, 2.05) is 37.3 Å². The second kappa shape index (κ2) is 9.41. The van der Waals surface area contributed by atoms with Crippen LogP contribution in [0.1, 0.15) is 37.2 Å². The molecule has 0 saturated heterocycles. The zero-order chi connectivity index (χ0) is 19.1. The molecule has 1 atom stereocenters. The third-order valence-electron chi connectivity index (χ3n) is 4.36. The number of nitrogens with zero attached hydrogens (tertiary/aromatic N) is 2. The Morgan fingerprint density at radius 1 is 1.33 bits per heavy atom. The number of hydrogen-bond donors (Lipinski definition) is 2. The Morgan fingerprint density at radius 2 is 2.22 bits per heavy atom. The summed E-state index contributed by atoms with van der Waals surface area (Å²) in [6, 6.07) is 3.78. The Morgan fingerprint density at radius 3 is 3.04 bits per heavy atom. The van der Waals surface area contributed by atoms with Gasteiger partial charge in [-0.3, -0.25) is 9.79 Å². The summed E-state index contributed by atoms with van der Waals surface area (Å²) in [6.07, 6.45) is 11.2. The van der Waals surface area contributed by atoms with Gasteiger partial charge in [0.2, 0.25) is 5.91 Å². The molecule has 1 unspecified atom stereocenters. The van der Waals surface area contributed by atoms with Crippen LogP contribution in [0.5, 0.6) is 0 Å². The number of furan rings is 1. The van der Waals surface area contributed by atoms with Crippen LogP contribution in [0.25, 0.3) is 0 Å². The quantitative estimate of drug-likeness (QED) is 0.533. The van der Waals surface area contributed by atoms with Crippen LogP contribution in [0.3, 0.4) is 0 Å². The summed E-state index contributed by atoms with van der Waals surface area (Å²) in [5, 5.41) is 6.44. The topological polar surface area (TPSA) is 79.0 Å². The van der Waals surface area contributed by atoms with Gasteiger partial charge in [0.15, 0.2) is 5.11 Å². The first-order valence-electron chi connectivity index (χ1n) is 9.22. The number of aliphatic imine (C=N–C) groups is 2. The van der Waals surface area contributed by atoms with Crippen molar-refractivity contribution < 1.29 is 9.21 Å². The van der Waals surface area contributed by atoms with Crippen molar-refractivity contribution in [3.05, 3.63) is 48.0 Å². The predicted molar refractivity (Wildman–Crippen MR) is 111 cm³/mol. The maximum absolute atomic E-state index is 11.9. The van der Waals surface area contributed by atoms with E-state index in [2.05, 4.69) is 26.7 Å². The number of unbranched alkanes of at least 4 members (excludes halogenated alkanes) is 2. The molecule has 7 heteroatoms. The Bertz CT molecular complexity index is 820. The first kappa shape index (κ1) is 19.2. The molecule has 0 aromatic carbocycles. The van der Waals surface area contributed by atoms with Crippen molar-refractivity contribution in [2.75, 3.05) is 6.54 Å². The molecule has 0 spiro atoms. The maximum Gasteiger partial charge on any atom is 0.220 e. The van der Waals surface area contributed by atoms with Crippen molar-refractivity contribution in [1.82, 2.24) is 10.6 Å². The molecular formula is C20H24N4O2S. The molecule has 1 aromatic heterocycles. The Balaban J connectivity index is 1.33. The zero-order valence-corrected chi connectivity index (χ0v) is 16.2. The molecule has 6 nitrogen and oxygen atoms in total. The molecule has 142 valence electrons.